The second-order valence-electron chi connectivity index (χ2n) is 6.03. The SMILES string of the molecule is CC(C)c1cnc(N2CC[C@H](O)[C@H]2C)c2cnc(Cl)cc12. The van der Waals surface area contributed by atoms with Crippen LogP contribution < -0.4 is 4.90 Å². The average Bonchev–Trinajstić information content (AvgIpc) is 2.77. The maximum atomic E-state index is 9.98. The molecule has 2 atom stereocenters. The zero-order valence-corrected chi connectivity index (χ0v) is 13.3. The summed E-state index contributed by atoms with van der Waals surface area (Å²) in [5, 5.41) is 12.6. The van der Waals surface area contributed by atoms with E-state index in [1.165, 1.54) is 5.56 Å². The van der Waals surface area contributed by atoms with Gasteiger partial charge in [0, 0.05) is 24.3 Å². The lowest BCUT2D eigenvalue weighted by atomic mass is 9.99. The van der Waals surface area contributed by atoms with Crippen molar-refractivity contribution in [2.45, 2.75) is 45.3 Å². The number of aliphatic hydroxyl groups is 1. The molecular formula is C16H20ClN3O. The van der Waals surface area contributed by atoms with Gasteiger partial charge in [-0.05, 0) is 36.3 Å². The van der Waals surface area contributed by atoms with E-state index in [0.29, 0.717) is 11.1 Å². The van der Waals surface area contributed by atoms with E-state index in [4.69, 9.17) is 11.6 Å². The molecule has 1 aliphatic heterocycles. The third-order valence-corrected chi connectivity index (χ3v) is 4.56. The Hall–Kier alpha value is -1.39. The van der Waals surface area contributed by atoms with Gasteiger partial charge in [0.25, 0.3) is 0 Å². The zero-order chi connectivity index (χ0) is 15.1. The summed E-state index contributed by atoms with van der Waals surface area (Å²) in [6, 6.07) is 1.98. The zero-order valence-electron chi connectivity index (χ0n) is 12.5. The highest BCUT2D eigenvalue weighted by Crippen LogP contribution is 2.34. The van der Waals surface area contributed by atoms with Gasteiger partial charge in [-0.2, -0.15) is 0 Å². The number of hydrogen-bond donors (Lipinski definition) is 1. The number of aromatic nitrogens is 2. The molecule has 0 spiro atoms. The van der Waals surface area contributed by atoms with Crippen LogP contribution in [0.1, 0.15) is 38.7 Å². The first kappa shape index (κ1) is 14.5. The minimum Gasteiger partial charge on any atom is -0.391 e. The number of hydrogen-bond acceptors (Lipinski definition) is 4. The third kappa shape index (κ3) is 2.47. The lowest BCUT2D eigenvalue weighted by Crippen LogP contribution is -2.32. The summed E-state index contributed by atoms with van der Waals surface area (Å²) in [5.74, 6) is 1.26. The van der Waals surface area contributed by atoms with Crippen molar-refractivity contribution in [3.63, 3.8) is 0 Å². The second kappa shape index (κ2) is 5.43. The lowest BCUT2D eigenvalue weighted by molar-refractivity contribution is 0.170. The predicted octanol–water partition coefficient (Wildman–Crippen LogP) is 3.37. The van der Waals surface area contributed by atoms with Crippen LogP contribution in [0.5, 0.6) is 0 Å². The van der Waals surface area contributed by atoms with E-state index in [1.54, 1.807) is 6.20 Å². The molecule has 4 nitrogen and oxygen atoms in total. The molecule has 0 unspecified atom stereocenters. The number of halogens is 1. The Morgan fingerprint density at radius 1 is 1.29 bits per heavy atom. The van der Waals surface area contributed by atoms with Gasteiger partial charge in [-0.25, -0.2) is 9.97 Å². The van der Waals surface area contributed by atoms with Gasteiger partial charge in [0.05, 0.1) is 12.1 Å². The van der Waals surface area contributed by atoms with Crippen LogP contribution in [0.3, 0.4) is 0 Å². The van der Waals surface area contributed by atoms with Crippen LogP contribution in [0.2, 0.25) is 5.15 Å². The number of nitrogens with zero attached hydrogens (tertiary/aromatic N) is 3. The standard InChI is InChI=1S/C16H20ClN3O/c1-9(2)12-7-19-16(20-5-4-14(21)10(20)3)13-8-18-15(17)6-11(12)13/h6-10,14,21H,4-5H2,1-3H3/t10-,14+/m1/s1. The van der Waals surface area contributed by atoms with E-state index in [9.17, 15) is 5.11 Å². The summed E-state index contributed by atoms with van der Waals surface area (Å²) < 4.78 is 0. The van der Waals surface area contributed by atoms with Crippen LogP contribution in [-0.4, -0.2) is 33.8 Å². The highest BCUT2D eigenvalue weighted by molar-refractivity contribution is 6.30. The van der Waals surface area contributed by atoms with Crippen molar-refractivity contribution < 1.29 is 5.11 Å². The first-order chi connectivity index (χ1) is 9.99. The van der Waals surface area contributed by atoms with Crippen molar-refractivity contribution in [2.75, 3.05) is 11.4 Å². The monoisotopic (exact) mass is 305 g/mol. The summed E-state index contributed by atoms with van der Waals surface area (Å²) in [7, 11) is 0. The quantitative estimate of drug-likeness (QED) is 0.864. The maximum Gasteiger partial charge on any atom is 0.138 e. The molecule has 0 aromatic carbocycles. The molecule has 2 aromatic heterocycles. The van der Waals surface area contributed by atoms with Crippen LogP contribution in [0.15, 0.2) is 18.5 Å². The molecule has 1 aliphatic rings. The third-order valence-electron chi connectivity index (χ3n) is 4.36. The number of rotatable bonds is 2. The van der Waals surface area contributed by atoms with E-state index < -0.39 is 0 Å². The van der Waals surface area contributed by atoms with E-state index in [1.807, 2.05) is 19.2 Å². The van der Waals surface area contributed by atoms with Crippen LogP contribution in [0.25, 0.3) is 10.8 Å². The Kier molecular flexibility index (Phi) is 3.76. The Balaban J connectivity index is 2.19. The lowest BCUT2D eigenvalue weighted by Gasteiger charge is -2.26. The number of pyridine rings is 2. The molecular weight excluding hydrogens is 286 g/mol. The van der Waals surface area contributed by atoms with Crippen molar-refractivity contribution in [1.29, 1.82) is 0 Å². The topological polar surface area (TPSA) is 49.2 Å². The summed E-state index contributed by atoms with van der Waals surface area (Å²) in [4.78, 5) is 11.0. The molecule has 3 rings (SSSR count). The summed E-state index contributed by atoms with van der Waals surface area (Å²) in [6.45, 7) is 7.14. The average molecular weight is 306 g/mol. The predicted molar refractivity (Wildman–Crippen MR) is 86.1 cm³/mol. The van der Waals surface area contributed by atoms with E-state index in [0.717, 1.165) is 29.6 Å². The number of aliphatic hydroxyl groups excluding tert-OH is 1. The maximum absolute atomic E-state index is 9.98. The largest absolute Gasteiger partial charge is 0.391 e. The van der Waals surface area contributed by atoms with Crippen molar-refractivity contribution >= 4 is 28.2 Å². The van der Waals surface area contributed by atoms with Crippen molar-refractivity contribution in [2.24, 2.45) is 0 Å². The fraction of sp³-hybridized carbons (Fsp3) is 0.500. The van der Waals surface area contributed by atoms with Gasteiger partial charge >= 0.3 is 0 Å². The van der Waals surface area contributed by atoms with Gasteiger partial charge in [0.15, 0.2) is 0 Å². The van der Waals surface area contributed by atoms with E-state index >= 15 is 0 Å². The van der Waals surface area contributed by atoms with Crippen molar-refractivity contribution in [1.82, 2.24) is 9.97 Å². The minimum absolute atomic E-state index is 0.0706. The van der Waals surface area contributed by atoms with Crippen molar-refractivity contribution in [3.05, 3.63) is 29.2 Å². The fourth-order valence-corrected chi connectivity index (χ4v) is 3.19. The molecule has 21 heavy (non-hydrogen) atoms. The Labute approximate surface area is 129 Å². The second-order valence-corrected chi connectivity index (χ2v) is 6.42. The first-order valence-corrected chi connectivity index (χ1v) is 7.75. The molecule has 1 saturated heterocycles. The molecule has 0 amide bonds. The molecule has 2 aromatic rings. The molecule has 0 saturated carbocycles. The minimum atomic E-state index is -0.299. The molecule has 5 heteroatoms. The van der Waals surface area contributed by atoms with Gasteiger partial charge in [-0.3, -0.25) is 0 Å². The first-order valence-electron chi connectivity index (χ1n) is 7.38. The Morgan fingerprint density at radius 3 is 2.67 bits per heavy atom. The fourth-order valence-electron chi connectivity index (χ4n) is 3.03. The van der Waals surface area contributed by atoms with Crippen molar-refractivity contribution in [3.8, 4) is 0 Å². The van der Waals surface area contributed by atoms with Crippen LogP contribution in [0, 0.1) is 0 Å². The number of anilines is 1. The summed E-state index contributed by atoms with van der Waals surface area (Å²) >= 11 is 6.07. The van der Waals surface area contributed by atoms with Gasteiger partial charge in [-0.1, -0.05) is 25.4 Å². The molecule has 1 fully saturated rings. The highest BCUT2D eigenvalue weighted by Gasteiger charge is 2.31. The van der Waals surface area contributed by atoms with Gasteiger partial charge in [0.1, 0.15) is 11.0 Å². The van der Waals surface area contributed by atoms with Crippen LogP contribution >= 0.6 is 11.6 Å². The molecule has 112 valence electrons. The van der Waals surface area contributed by atoms with Crippen LogP contribution in [-0.2, 0) is 0 Å². The van der Waals surface area contributed by atoms with Gasteiger partial charge in [0.2, 0.25) is 0 Å². The molecule has 0 bridgehead atoms. The Bertz CT molecular complexity index is 674. The van der Waals surface area contributed by atoms with E-state index in [-0.39, 0.29) is 12.1 Å². The van der Waals surface area contributed by atoms with Gasteiger partial charge < -0.3 is 10.0 Å². The normalized spacial score (nSPS) is 22.5. The Morgan fingerprint density at radius 2 is 2.05 bits per heavy atom. The summed E-state index contributed by atoms with van der Waals surface area (Å²) in [6.07, 6.45) is 4.20. The van der Waals surface area contributed by atoms with Crippen LogP contribution in [0.4, 0.5) is 5.82 Å². The molecule has 1 N–H and O–H groups in total. The van der Waals surface area contributed by atoms with E-state index in [2.05, 4.69) is 28.7 Å². The number of fused-ring (bicyclic) bond motifs is 1. The molecule has 0 aliphatic carbocycles. The smallest absolute Gasteiger partial charge is 0.138 e. The van der Waals surface area contributed by atoms with Gasteiger partial charge in [-0.15, -0.1) is 0 Å². The highest BCUT2D eigenvalue weighted by atomic mass is 35.5. The molecule has 3 heterocycles. The summed E-state index contributed by atoms with van der Waals surface area (Å²) in [5.41, 5.74) is 1.17. The molecule has 0 radical (unpaired) electrons.